The molecule has 20 heavy (non-hydrogen) atoms. The standard InChI is InChI=1S/C13H13F3N2OS/c1-2-7-3-4-8-9(6-17)11(20-10(8)5-7)18-12(19)13(14,15)16/h7H,2-5H2,1H3,(H,18,19)/t7-/m0/s1. The summed E-state index contributed by atoms with van der Waals surface area (Å²) in [5, 5.41) is 11.0. The summed E-state index contributed by atoms with van der Waals surface area (Å²) in [6.45, 7) is 2.07. The summed E-state index contributed by atoms with van der Waals surface area (Å²) in [5.41, 5.74) is 0.997. The van der Waals surface area contributed by atoms with Crippen molar-refractivity contribution >= 4 is 22.2 Å². The average Bonchev–Trinajstić information content (AvgIpc) is 2.73. The molecule has 0 saturated carbocycles. The maximum Gasteiger partial charge on any atom is 0.471 e. The van der Waals surface area contributed by atoms with E-state index in [4.69, 9.17) is 5.26 Å². The number of hydrogen-bond donors (Lipinski definition) is 1. The van der Waals surface area contributed by atoms with Crippen molar-refractivity contribution in [1.82, 2.24) is 0 Å². The van der Waals surface area contributed by atoms with Crippen molar-refractivity contribution in [3.8, 4) is 6.07 Å². The summed E-state index contributed by atoms with van der Waals surface area (Å²) >= 11 is 1.10. The highest BCUT2D eigenvalue weighted by Gasteiger charge is 2.39. The minimum absolute atomic E-state index is 0.0246. The Labute approximate surface area is 118 Å². The lowest BCUT2D eigenvalue weighted by atomic mass is 9.86. The zero-order chi connectivity index (χ0) is 14.9. The molecule has 0 aromatic carbocycles. The van der Waals surface area contributed by atoms with Crippen LogP contribution in [0.2, 0.25) is 0 Å². The highest BCUT2D eigenvalue weighted by Crippen LogP contribution is 2.40. The smallest absolute Gasteiger partial charge is 0.309 e. The molecule has 0 fully saturated rings. The Bertz CT molecular complexity index is 571. The molecule has 0 radical (unpaired) electrons. The van der Waals surface area contributed by atoms with Crippen LogP contribution in [0.15, 0.2) is 0 Å². The fourth-order valence-corrected chi connectivity index (χ4v) is 3.69. The van der Waals surface area contributed by atoms with Gasteiger partial charge in [0, 0.05) is 4.88 Å². The van der Waals surface area contributed by atoms with Crippen LogP contribution in [-0.4, -0.2) is 12.1 Å². The van der Waals surface area contributed by atoms with Gasteiger partial charge in [0.15, 0.2) is 0 Å². The first-order chi connectivity index (χ1) is 9.36. The highest BCUT2D eigenvalue weighted by molar-refractivity contribution is 7.16. The molecule has 0 aliphatic heterocycles. The van der Waals surface area contributed by atoms with E-state index in [0.717, 1.165) is 41.0 Å². The molecular formula is C13H13F3N2OS. The second-order valence-corrected chi connectivity index (χ2v) is 5.89. The number of thiophene rings is 1. The van der Waals surface area contributed by atoms with Crippen molar-refractivity contribution in [2.45, 2.75) is 38.8 Å². The van der Waals surface area contributed by atoms with Gasteiger partial charge in [0.05, 0.1) is 5.56 Å². The number of anilines is 1. The Morgan fingerprint density at radius 1 is 1.55 bits per heavy atom. The van der Waals surface area contributed by atoms with Gasteiger partial charge in [-0.25, -0.2) is 0 Å². The zero-order valence-corrected chi connectivity index (χ0v) is 11.6. The molecule has 1 aromatic heterocycles. The Balaban J connectivity index is 2.30. The van der Waals surface area contributed by atoms with E-state index in [0.29, 0.717) is 12.3 Å². The predicted molar refractivity (Wildman–Crippen MR) is 69.5 cm³/mol. The largest absolute Gasteiger partial charge is 0.471 e. The van der Waals surface area contributed by atoms with Gasteiger partial charge in [-0.15, -0.1) is 11.3 Å². The van der Waals surface area contributed by atoms with Crippen LogP contribution in [0.3, 0.4) is 0 Å². The number of carbonyl (C=O) groups excluding carboxylic acids is 1. The van der Waals surface area contributed by atoms with E-state index in [1.165, 1.54) is 0 Å². The number of nitriles is 1. The molecule has 1 aliphatic carbocycles. The van der Waals surface area contributed by atoms with Crippen LogP contribution < -0.4 is 5.32 Å². The number of halogens is 3. The van der Waals surface area contributed by atoms with Gasteiger partial charge in [-0.05, 0) is 30.7 Å². The van der Waals surface area contributed by atoms with Crippen LogP contribution in [-0.2, 0) is 17.6 Å². The molecule has 1 aromatic rings. The van der Waals surface area contributed by atoms with Gasteiger partial charge in [0.1, 0.15) is 11.1 Å². The van der Waals surface area contributed by atoms with Crippen molar-refractivity contribution in [2.24, 2.45) is 5.92 Å². The minimum atomic E-state index is -4.94. The molecule has 1 heterocycles. The summed E-state index contributed by atoms with van der Waals surface area (Å²) in [6.07, 6.45) is -1.55. The summed E-state index contributed by atoms with van der Waals surface area (Å²) < 4.78 is 36.8. The van der Waals surface area contributed by atoms with Crippen molar-refractivity contribution < 1.29 is 18.0 Å². The Hall–Kier alpha value is -1.55. The average molecular weight is 302 g/mol. The molecule has 1 atom stereocenters. The van der Waals surface area contributed by atoms with Crippen molar-refractivity contribution in [1.29, 1.82) is 5.26 Å². The van der Waals surface area contributed by atoms with E-state index in [-0.39, 0.29) is 10.6 Å². The molecule has 0 saturated heterocycles. The quantitative estimate of drug-likeness (QED) is 0.907. The molecule has 7 heteroatoms. The first-order valence-corrected chi connectivity index (χ1v) is 7.11. The number of rotatable bonds is 2. The summed E-state index contributed by atoms with van der Waals surface area (Å²) in [6, 6.07) is 1.92. The monoisotopic (exact) mass is 302 g/mol. The lowest BCUT2D eigenvalue weighted by Gasteiger charge is -2.20. The topological polar surface area (TPSA) is 52.9 Å². The van der Waals surface area contributed by atoms with E-state index in [1.54, 1.807) is 0 Å². The normalized spacial score (nSPS) is 18.2. The third kappa shape index (κ3) is 2.80. The number of hydrogen-bond acceptors (Lipinski definition) is 3. The van der Waals surface area contributed by atoms with Crippen LogP contribution in [0.5, 0.6) is 0 Å². The van der Waals surface area contributed by atoms with Crippen LogP contribution in [0.1, 0.15) is 35.8 Å². The number of amides is 1. The lowest BCUT2D eigenvalue weighted by Crippen LogP contribution is -2.29. The number of fused-ring (bicyclic) bond motifs is 1. The number of alkyl halides is 3. The molecule has 0 unspecified atom stereocenters. The first-order valence-electron chi connectivity index (χ1n) is 6.29. The van der Waals surface area contributed by atoms with Gasteiger partial charge in [0.2, 0.25) is 0 Å². The molecule has 0 spiro atoms. The van der Waals surface area contributed by atoms with Gasteiger partial charge < -0.3 is 5.32 Å². The van der Waals surface area contributed by atoms with Gasteiger partial charge >= 0.3 is 12.1 Å². The fraction of sp³-hybridized carbons (Fsp3) is 0.538. The van der Waals surface area contributed by atoms with E-state index < -0.39 is 12.1 Å². The molecule has 3 nitrogen and oxygen atoms in total. The molecule has 1 N–H and O–H groups in total. The molecule has 0 bridgehead atoms. The SMILES string of the molecule is CC[C@H]1CCc2c(sc(NC(=O)C(F)(F)F)c2C#N)C1. The third-order valence-corrected chi connectivity index (χ3v) is 4.71. The molecular weight excluding hydrogens is 289 g/mol. The van der Waals surface area contributed by atoms with E-state index in [9.17, 15) is 18.0 Å². The van der Waals surface area contributed by atoms with E-state index >= 15 is 0 Å². The number of nitrogens with one attached hydrogen (secondary N) is 1. The summed E-state index contributed by atoms with van der Waals surface area (Å²) in [4.78, 5) is 11.9. The second-order valence-electron chi connectivity index (χ2n) is 4.79. The first kappa shape index (κ1) is 14.9. The Morgan fingerprint density at radius 3 is 2.80 bits per heavy atom. The second kappa shape index (κ2) is 5.44. The summed E-state index contributed by atoms with van der Waals surface area (Å²) in [5.74, 6) is -1.53. The molecule has 1 amide bonds. The molecule has 1 aliphatic rings. The third-order valence-electron chi connectivity index (χ3n) is 3.54. The van der Waals surface area contributed by atoms with E-state index in [1.807, 2.05) is 11.4 Å². The number of carbonyl (C=O) groups is 1. The van der Waals surface area contributed by atoms with Crippen LogP contribution in [0.4, 0.5) is 18.2 Å². The van der Waals surface area contributed by atoms with Gasteiger partial charge in [-0.1, -0.05) is 13.3 Å². The van der Waals surface area contributed by atoms with Gasteiger partial charge in [-0.2, -0.15) is 18.4 Å². The molecule has 108 valence electrons. The highest BCUT2D eigenvalue weighted by atomic mass is 32.1. The molecule has 2 rings (SSSR count). The van der Waals surface area contributed by atoms with Crippen molar-refractivity contribution in [3.05, 3.63) is 16.0 Å². The van der Waals surface area contributed by atoms with Crippen molar-refractivity contribution in [2.75, 3.05) is 5.32 Å². The van der Waals surface area contributed by atoms with Gasteiger partial charge in [0.25, 0.3) is 0 Å². The Kier molecular flexibility index (Phi) is 4.04. The van der Waals surface area contributed by atoms with Crippen LogP contribution >= 0.6 is 11.3 Å². The maximum absolute atomic E-state index is 12.3. The fourth-order valence-electron chi connectivity index (χ4n) is 2.38. The minimum Gasteiger partial charge on any atom is -0.309 e. The lowest BCUT2D eigenvalue weighted by molar-refractivity contribution is -0.167. The van der Waals surface area contributed by atoms with Crippen LogP contribution in [0.25, 0.3) is 0 Å². The van der Waals surface area contributed by atoms with Crippen LogP contribution in [0, 0.1) is 17.2 Å². The zero-order valence-electron chi connectivity index (χ0n) is 10.8. The summed E-state index contributed by atoms with van der Waals surface area (Å²) in [7, 11) is 0. The van der Waals surface area contributed by atoms with Gasteiger partial charge in [-0.3, -0.25) is 4.79 Å². The van der Waals surface area contributed by atoms with E-state index in [2.05, 4.69) is 6.92 Å². The Morgan fingerprint density at radius 2 is 2.25 bits per heavy atom. The maximum atomic E-state index is 12.3. The van der Waals surface area contributed by atoms with Crippen molar-refractivity contribution in [3.63, 3.8) is 0 Å². The predicted octanol–water partition coefficient (Wildman–Crippen LogP) is 3.64. The number of nitrogens with zero attached hydrogens (tertiary/aromatic N) is 1.